The summed E-state index contributed by atoms with van der Waals surface area (Å²) >= 11 is 12.1. The van der Waals surface area contributed by atoms with Gasteiger partial charge in [0.15, 0.2) is 0 Å². The van der Waals surface area contributed by atoms with E-state index in [0.717, 1.165) is 18.5 Å². The fourth-order valence-corrected chi connectivity index (χ4v) is 3.64. The number of rotatable bonds is 9. The Morgan fingerprint density at radius 1 is 1.14 bits per heavy atom. The van der Waals surface area contributed by atoms with Crippen molar-refractivity contribution in [2.24, 2.45) is 0 Å². The van der Waals surface area contributed by atoms with Crippen molar-refractivity contribution in [3.8, 4) is 5.75 Å². The molecule has 9 heteroatoms. The van der Waals surface area contributed by atoms with E-state index in [1.165, 1.54) is 0 Å². The minimum absolute atomic E-state index is 0.105. The maximum Gasteiger partial charge on any atom is 0.229 e. The Hall–Kier alpha value is -1.51. The SMILES string of the molecule is CC[N+](C)(CC(O)COc1ccc(NS(C)(=O)=O)cc1)c1ccc(Cl)c(Cl)c1. The third-order valence-electron chi connectivity index (χ3n) is 4.44. The van der Waals surface area contributed by atoms with Gasteiger partial charge in [0.25, 0.3) is 0 Å². The average molecular weight is 448 g/mol. The number of benzene rings is 2. The van der Waals surface area contributed by atoms with Gasteiger partial charge in [-0.05, 0) is 37.3 Å². The van der Waals surface area contributed by atoms with Crippen molar-refractivity contribution in [3.05, 3.63) is 52.5 Å². The van der Waals surface area contributed by atoms with E-state index in [0.29, 0.717) is 32.5 Å². The highest BCUT2D eigenvalue weighted by molar-refractivity contribution is 7.92. The van der Waals surface area contributed by atoms with E-state index in [9.17, 15) is 13.5 Å². The Balaban J connectivity index is 1.98. The third-order valence-corrected chi connectivity index (χ3v) is 5.78. The number of nitrogens with one attached hydrogen (secondary N) is 1. The van der Waals surface area contributed by atoms with Crippen LogP contribution in [0.5, 0.6) is 5.75 Å². The highest BCUT2D eigenvalue weighted by Crippen LogP contribution is 2.30. The molecule has 0 aromatic heterocycles. The number of quaternary nitrogens is 1. The number of hydrogen-bond donors (Lipinski definition) is 2. The quantitative estimate of drug-likeness (QED) is 0.573. The summed E-state index contributed by atoms with van der Waals surface area (Å²) in [6.45, 7) is 3.32. The molecule has 0 aliphatic rings. The number of likely N-dealkylation sites (N-methyl/N-ethyl adjacent to an activating group) is 1. The third kappa shape index (κ3) is 6.53. The van der Waals surface area contributed by atoms with E-state index < -0.39 is 16.1 Å². The minimum Gasteiger partial charge on any atom is -0.491 e. The molecule has 0 fully saturated rings. The van der Waals surface area contributed by atoms with Gasteiger partial charge >= 0.3 is 0 Å². The van der Waals surface area contributed by atoms with Crippen LogP contribution >= 0.6 is 23.2 Å². The lowest BCUT2D eigenvalue weighted by Gasteiger charge is -2.34. The van der Waals surface area contributed by atoms with Crippen molar-refractivity contribution >= 4 is 44.6 Å². The van der Waals surface area contributed by atoms with Crippen LogP contribution in [0.25, 0.3) is 0 Å². The van der Waals surface area contributed by atoms with E-state index in [4.69, 9.17) is 27.9 Å². The molecule has 0 spiro atoms. The van der Waals surface area contributed by atoms with Gasteiger partial charge in [0.2, 0.25) is 10.0 Å². The number of hydrogen-bond acceptors (Lipinski definition) is 4. The predicted octanol–water partition coefficient (Wildman–Crippen LogP) is 3.76. The molecule has 0 amide bonds. The van der Waals surface area contributed by atoms with Gasteiger partial charge in [-0.1, -0.05) is 23.2 Å². The van der Waals surface area contributed by atoms with E-state index in [2.05, 4.69) is 4.72 Å². The van der Waals surface area contributed by atoms with Crippen LogP contribution in [0, 0.1) is 0 Å². The van der Waals surface area contributed by atoms with Crippen molar-refractivity contribution in [2.75, 3.05) is 37.7 Å². The number of halogens is 2. The zero-order chi connectivity index (χ0) is 20.9. The summed E-state index contributed by atoms with van der Waals surface area (Å²) in [6.07, 6.45) is 0.373. The second kappa shape index (κ2) is 9.33. The summed E-state index contributed by atoms with van der Waals surface area (Å²) in [5.74, 6) is 0.540. The Bertz CT molecular complexity index is 907. The monoisotopic (exact) mass is 447 g/mol. The molecular formula is C19H25Cl2N2O4S+. The maximum absolute atomic E-state index is 11.2. The van der Waals surface area contributed by atoms with Gasteiger partial charge in [0.1, 0.15) is 30.7 Å². The molecule has 2 unspecified atom stereocenters. The van der Waals surface area contributed by atoms with Gasteiger partial charge in [-0.15, -0.1) is 0 Å². The molecule has 2 aromatic rings. The number of aliphatic hydroxyl groups is 1. The second-order valence-corrected chi connectivity index (χ2v) is 9.42. The lowest BCUT2D eigenvalue weighted by atomic mass is 10.2. The first kappa shape index (κ1) is 22.8. The van der Waals surface area contributed by atoms with E-state index >= 15 is 0 Å². The minimum atomic E-state index is -3.32. The molecule has 0 radical (unpaired) electrons. The Morgan fingerprint density at radius 2 is 1.79 bits per heavy atom. The molecule has 0 saturated heterocycles. The zero-order valence-corrected chi connectivity index (χ0v) is 18.4. The summed E-state index contributed by atoms with van der Waals surface area (Å²) in [7, 11) is -1.31. The van der Waals surface area contributed by atoms with Gasteiger partial charge in [-0.2, -0.15) is 0 Å². The molecule has 2 aromatic carbocycles. The van der Waals surface area contributed by atoms with Crippen molar-refractivity contribution in [2.45, 2.75) is 13.0 Å². The summed E-state index contributed by atoms with van der Waals surface area (Å²) < 4.78 is 30.9. The van der Waals surface area contributed by atoms with E-state index in [1.807, 2.05) is 26.1 Å². The number of nitrogens with zero attached hydrogens (tertiary/aromatic N) is 1. The summed E-state index contributed by atoms with van der Waals surface area (Å²) in [4.78, 5) is 0. The largest absolute Gasteiger partial charge is 0.491 e. The predicted molar refractivity (Wildman–Crippen MR) is 116 cm³/mol. The smallest absolute Gasteiger partial charge is 0.229 e. The molecule has 2 N–H and O–H groups in total. The molecule has 0 saturated carbocycles. The summed E-state index contributed by atoms with van der Waals surface area (Å²) in [6, 6.07) is 12.0. The van der Waals surface area contributed by atoms with Crippen molar-refractivity contribution in [1.29, 1.82) is 0 Å². The standard InChI is InChI=1S/C19H25Cl2N2O4S/c1-4-23(2,15-7-10-18(20)19(21)11-15)12-16(24)13-27-17-8-5-14(6-9-17)22-28(3,25)26/h5-11,16,22,24H,4,12-13H2,1-3H3/q+1. The van der Waals surface area contributed by atoms with Gasteiger partial charge in [-0.3, -0.25) is 9.21 Å². The van der Waals surface area contributed by atoms with Crippen LogP contribution in [0.4, 0.5) is 11.4 Å². The van der Waals surface area contributed by atoms with E-state index in [-0.39, 0.29) is 6.61 Å². The number of sulfonamides is 1. The summed E-state index contributed by atoms with van der Waals surface area (Å²) in [5, 5.41) is 11.4. The Labute approximate surface area is 176 Å². The molecule has 28 heavy (non-hydrogen) atoms. The molecule has 2 rings (SSSR count). The molecule has 0 aliphatic carbocycles. The van der Waals surface area contributed by atoms with Crippen molar-refractivity contribution in [1.82, 2.24) is 4.48 Å². The van der Waals surface area contributed by atoms with Crippen LogP contribution in [0.3, 0.4) is 0 Å². The topological polar surface area (TPSA) is 75.6 Å². The zero-order valence-electron chi connectivity index (χ0n) is 16.0. The fourth-order valence-electron chi connectivity index (χ4n) is 2.78. The molecule has 0 heterocycles. The molecular weight excluding hydrogens is 423 g/mol. The normalized spacial score (nSPS) is 14.9. The first-order valence-corrected chi connectivity index (χ1v) is 11.4. The number of ether oxygens (including phenoxy) is 1. The van der Waals surface area contributed by atoms with E-state index in [1.54, 1.807) is 30.3 Å². The Kier molecular flexibility index (Phi) is 7.59. The molecule has 154 valence electrons. The highest BCUT2D eigenvalue weighted by atomic mass is 35.5. The summed E-state index contributed by atoms with van der Waals surface area (Å²) in [5.41, 5.74) is 1.40. The van der Waals surface area contributed by atoms with Crippen molar-refractivity contribution in [3.63, 3.8) is 0 Å². The number of aliphatic hydroxyl groups excluding tert-OH is 1. The molecule has 0 bridgehead atoms. The van der Waals surface area contributed by atoms with Gasteiger partial charge in [0, 0.05) is 17.8 Å². The Morgan fingerprint density at radius 3 is 2.32 bits per heavy atom. The van der Waals surface area contributed by atoms with Gasteiger partial charge in [0.05, 0.1) is 29.9 Å². The first-order valence-electron chi connectivity index (χ1n) is 8.71. The van der Waals surface area contributed by atoms with Gasteiger partial charge < -0.3 is 9.84 Å². The highest BCUT2D eigenvalue weighted by Gasteiger charge is 2.27. The fraction of sp³-hybridized carbons (Fsp3) is 0.368. The molecule has 0 aliphatic heterocycles. The van der Waals surface area contributed by atoms with Crippen LogP contribution in [-0.2, 0) is 10.0 Å². The lowest BCUT2D eigenvalue weighted by molar-refractivity contribution is 0.0790. The number of anilines is 1. The van der Waals surface area contributed by atoms with Crippen LogP contribution < -0.4 is 13.9 Å². The average Bonchev–Trinajstić information content (AvgIpc) is 2.62. The van der Waals surface area contributed by atoms with Crippen LogP contribution in [0.15, 0.2) is 42.5 Å². The first-order chi connectivity index (χ1) is 13.0. The maximum atomic E-state index is 11.2. The van der Waals surface area contributed by atoms with Crippen LogP contribution in [0.2, 0.25) is 10.0 Å². The van der Waals surface area contributed by atoms with Gasteiger partial charge in [-0.25, -0.2) is 8.42 Å². The van der Waals surface area contributed by atoms with Crippen LogP contribution in [-0.4, -0.2) is 52.6 Å². The van der Waals surface area contributed by atoms with Crippen molar-refractivity contribution < 1.29 is 18.3 Å². The van der Waals surface area contributed by atoms with Crippen LogP contribution in [0.1, 0.15) is 6.92 Å². The second-order valence-electron chi connectivity index (χ2n) is 6.86. The lowest BCUT2D eigenvalue weighted by Crippen LogP contribution is -2.51. The molecule has 2 atom stereocenters. The molecule has 6 nitrogen and oxygen atoms in total.